The number of nitrogens with zero attached hydrogens (tertiary/aromatic N) is 2. The van der Waals surface area contributed by atoms with Gasteiger partial charge in [-0.1, -0.05) is 66.7 Å². The fraction of sp³-hybridized carbons (Fsp3) is 0.125. The molecule has 4 rings (SSSR count). The van der Waals surface area contributed by atoms with Gasteiger partial charge in [0.15, 0.2) is 0 Å². The minimum absolute atomic E-state index is 0.0916. The molecule has 156 valence electrons. The molecule has 2 aromatic carbocycles. The fourth-order valence-electron chi connectivity index (χ4n) is 3.46. The van der Waals surface area contributed by atoms with E-state index in [1.165, 1.54) is 6.07 Å². The van der Waals surface area contributed by atoms with Gasteiger partial charge >= 0.3 is 12.1 Å². The minimum atomic E-state index is -1.06. The average molecular weight is 415 g/mol. The summed E-state index contributed by atoms with van der Waals surface area (Å²) in [5.74, 6) is -1.06. The van der Waals surface area contributed by atoms with E-state index < -0.39 is 18.1 Å². The molecule has 0 spiro atoms. The van der Waals surface area contributed by atoms with Gasteiger partial charge in [0.1, 0.15) is 17.9 Å². The number of fused-ring (bicyclic) bond motifs is 1. The summed E-state index contributed by atoms with van der Waals surface area (Å²) in [6.45, 7) is 1.94. The molecule has 7 nitrogen and oxygen atoms in total. The van der Waals surface area contributed by atoms with E-state index in [0.717, 1.165) is 11.1 Å². The zero-order valence-corrected chi connectivity index (χ0v) is 16.9. The van der Waals surface area contributed by atoms with Gasteiger partial charge in [0, 0.05) is 5.56 Å². The summed E-state index contributed by atoms with van der Waals surface area (Å²) in [6.07, 6.45) is -0.578. The highest BCUT2D eigenvalue weighted by atomic mass is 16.5. The SMILES string of the molecule is CC(NC(=O)OCc1ccccc1)c1nc2cccc(C(=O)O)n2c1-c1ccccc1. The van der Waals surface area contributed by atoms with Crippen molar-refractivity contribution in [1.29, 1.82) is 0 Å². The normalized spacial score (nSPS) is 11.8. The number of benzene rings is 2. The van der Waals surface area contributed by atoms with Gasteiger partial charge in [0.2, 0.25) is 0 Å². The average Bonchev–Trinajstić information content (AvgIpc) is 3.19. The van der Waals surface area contributed by atoms with Crippen LogP contribution in [0, 0.1) is 0 Å². The van der Waals surface area contributed by atoms with Crippen molar-refractivity contribution >= 4 is 17.7 Å². The van der Waals surface area contributed by atoms with Crippen molar-refractivity contribution in [2.24, 2.45) is 0 Å². The number of amides is 1. The van der Waals surface area contributed by atoms with Gasteiger partial charge in [-0.3, -0.25) is 4.40 Å². The molecule has 1 unspecified atom stereocenters. The topological polar surface area (TPSA) is 92.9 Å². The number of pyridine rings is 1. The lowest BCUT2D eigenvalue weighted by molar-refractivity contribution is 0.0689. The van der Waals surface area contributed by atoms with Gasteiger partial charge in [-0.2, -0.15) is 0 Å². The van der Waals surface area contributed by atoms with Crippen LogP contribution in [0.3, 0.4) is 0 Å². The first-order chi connectivity index (χ1) is 15.0. The molecule has 4 aromatic rings. The predicted octanol–water partition coefficient (Wildman–Crippen LogP) is 4.69. The first kappa shape index (κ1) is 20.2. The first-order valence-corrected chi connectivity index (χ1v) is 9.82. The van der Waals surface area contributed by atoms with Crippen molar-refractivity contribution < 1.29 is 19.4 Å². The summed E-state index contributed by atoms with van der Waals surface area (Å²) < 4.78 is 6.92. The molecule has 0 aliphatic carbocycles. The molecule has 1 atom stereocenters. The van der Waals surface area contributed by atoms with Crippen LogP contribution >= 0.6 is 0 Å². The smallest absolute Gasteiger partial charge is 0.407 e. The van der Waals surface area contributed by atoms with Crippen LogP contribution in [0.1, 0.15) is 34.7 Å². The van der Waals surface area contributed by atoms with Gasteiger partial charge < -0.3 is 15.2 Å². The van der Waals surface area contributed by atoms with Gasteiger partial charge in [-0.15, -0.1) is 0 Å². The second-order valence-electron chi connectivity index (χ2n) is 7.05. The maximum absolute atomic E-state index is 12.4. The van der Waals surface area contributed by atoms with E-state index in [-0.39, 0.29) is 12.3 Å². The summed E-state index contributed by atoms with van der Waals surface area (Å²) in [4.78, 5) is 28.8. The summed E-state index contributed by atoms with van der Waals surface area (Å²) in [5.41, 5.74) is 3.43. The Morgan fingerprint density at radius 1 is 1.00 bits per heavy atom. The molecule has 2 N–H and O–H groups in total. The molecule has 0 fully saturated rings. The Kier molecular flexibility index (Phi) is 5.66. The quantitative estimate of drug-likeness (QED) is 0.477. The highest BCUT2D eigenvalue weighted by molar-refractivity contribution is 5.88. The van der Waals surface area contributed by atoms with Gasteiger partial charge in [0.05, 0.1) is 17.4 Å². The van der Waals surface area contributed by atoms with Gasteiger partial charge in [0.25, 0.3) is 0 Å². The lowest BCUT2D eigenvalue weighted by atomic mass is 10.1. The van der Waals surface area contributed by atoms with Crippen molar-refractivity contribution in [2.45, 2.75) is 19.6 Å². The van der Waals surface area contributed by atoms with Crippen molar-refractivity contribution in [3.63, 3.8) is 0 Å². The maximum atomic E-state index is 12.4. The van der Waals surface area contributed by atoms with E-state index in [1.54, 1.807) is 23.5 Å². The van der Waals surface area contributed by atoms with Crippen molar-refractivity contribution in [1.82, 2.24) is 14.7 Å². The van der Waals surface area contributed by atoms with Crippen molar-refractivity contribution in [3.8, 4) is 11.3 Å². The molecular weight excluding hydrogens is 394 g/mol. The summed E-state index contributed by atoms with van der Waals surface area (Å²) >= 11 is 0. The first-order valence-electron chi connectivity index (χ1n) is 9.82. The zero-order chi connectivity index (χ0) is 21.8. The number of carbonyl (C=O) groups excluding carboxylic acids is 1. The molecule has 2 heterocycles. The Balaban J connectivity index is 1.67. The van der Waals surface area contributed by atoms with E-state index in [1.807, 2.05) is 60.7 Å². The van der Waals surface area contributed by atoms with E-state index in [9.17, 15) is 14.7 Å². The van der Waals surface area contributed by atoms with E-state index in [0.29, 0.717) is 17.0 Å². The van der Waals surface area contributed by atoms with Crippen LogP contribution in [0.2, 0.25) is 0 Å². The Morgan fingerprint density at radius 3 is 2.35 bits per heavy atom. The lowest BCUT2D eigenvalue weighted by Gasteiger charge is -2.15. The number of aromatic nitrogens is 2. The second kappa shape index (κ2) is 8.71. The summed E-state index contributed by atoms with van der Waals surface area (Å²) in [6, 6.07) is 23.2. The van der Waals surface area contributed by atoms with Crippen LogP contribution < -0.4 is 5.32 Å². The van der Waals surface area contributed by atoms with Gasteiger partial charge in [-0.05, 0) is 24.6 Å². The molecule has 31 heavy (non-hydrogen) atoms. The van der Waals surface area contributed by atoms with Crippen LogP contribution in [0.4, 0.5) is 4.79 Å². The van der Waals surface area contributed by atoms with E-state index in [4.69, 9.17) is 4.74 Å². The van der Waals surface area contributed by atoms with Crippen LogP contribution in [-0.4, -0.2) is 26.6 Å². The van der Waals surface area contributed by atoms with Crippen LogP contribution in [0.25, 0.3) is 16.9 Å². The number of nitrogens with one attached hydrogen (secondary N) is 1. The third kappa shape index (κ3) is 4.25. The number of alkyl carbamates (subject to hydrolysis) is 1. The highest BCUT2D eigenvalue weighted by Crippen LogP contribution is 2.30. The number of hydrogen-bond acceptors (Lipinski definition) is 4. The molecule has 0 saturated heterocycles. The monoisotopic (exact) mass is 415 g/mol. The number of carboxylic acids is 1. The van der Waals surface area contributed by atoms with E-state index >= 15 is 0 Å². The number of imidazole rings is 1. The van der Waals surface area contributed by atoms with Gasteiger partial charge in [-0.25, -0.2) is 14.6 Å². The molecule has 0 bridgehead atoms. The minimum Gasteiger partial charge on any atom is -0.477 e. The number of ether oxygens (including phenoxy) is 1. The fourth-order valence-corrected chi connectivity index (χ4v) is 3.46. The maximum Gasteiger partial charge on any atom is 0.407 e. The van der Waals surface area contributed by atoms with E-state index in [2.05, 4.69) is 10.3 Å². The Bertz CT molecular complexity index is 1220. The van der Waals surface area contributed by atoms with Crippen LogP contribution in [-0.2, 0) is 11.3 Å². The molecule has 0 aliphatic rings. The molecule has 0 radical (unpaired) electrons. The molecule has 1 amide bonds. The number of carbonyl (C=O) groups is 2. The number of aromatic carboxylic acids is 1. The largest absolute Gasteiger partial charge is 0.477 e. The number of rotatable bonds is 6. The predicted molar refractivity (Wildman–Crippen MR) is 116 cm³/mol. The van der Waals surface area contributed by atoms with Crippen LogP contribution in [0.5, 0.6) is 0 Å². The zero-order valence-electron chi connectivity index (χ0n) is 16.9. The Labute approximate surface area is 178 Å². The molecule has 2 aromatic heterocycles. The van der Waals surface area contributed by atoms with Crippen LogP contribution in [0.15, 0.2) is 78.9 Å². The summed E-state index contributed by atoms with van der Waals surface area (Å²) in [7, 11) is 0. The molecular formula is C24H21N3O4. The second-order valence-corrected chi connectivity index (χ2v) is 7.05. The van der Waals surface area contributed by atoms with Crippen molar-refractivity contribution in [3.05, 3.63) is 95.8 Å². The number of hydrogen-bond donors (Lipinski definition) is 2. The Hall–Kier alpha value is -4.13. The Morgan fingerprint density at radius 2 is 1.68 bits per heavy atom. The molecule has 0 aliphatic heterocycles. The summed E-state index contributed by atoms with van der Waals surface area (Å²) in [5, 5.41) is 12.5. The third-order valence-electron chi connectivity index (χ3n) is 4.89. The number of carboxylic acid groups (broad SMARTS) is 1. The third-order valence-corrected chi connectivity index (χ3v) is 4.89. The molecule has 0 saturated carbocycles. The standard InChI is InChI=1S/C24H21N3O4/c1-16(25-24(30)31-15-17-9-4-2-5-10-17)21-22(18-11-6-3-7-12-18)27-19(23(28)29)13-8-14-20(27)26-21/h2-14,16H,15H2,1H3,(H,25,30)(H,28,29). The highest BCUT2D eigenvalue weighted by Gasteiger charge is 2.24. The lowest BCUT2D eigenvalue weighted by Crippen LogP contribution is -2.28. The molecule has 7 heteroatoms. The van der Waals surface area contributed by atoms with Crippen molar-refractivity contribution in [2.75, 3.05) is 0 Å².